The second kappa shape index (κ2) is 4.66. The van der Waals surface area contributed by atoms with Crippen molar-refractivity contribution in [3.05, 3.63) is 17.8 Å². The van der Waals surface area contributed by atoms with Crippen LogP contribution in [-0.4, -0.2) is 59.8 Å². The van der Waals surface area contributed by atoms with Crippen molar-refractivity contribution in [3.8, 4) is 0 Å². The van der Waals surface area contributed by atoms with E-state index in [2.05, 4.69) is 15.0 Å². The predicted octanol–water partition coefficient (Wildman–Crippen LogP) is -0.909. The van der Waals surface area contributed by atoms with Gasteiger partial charge in [-0.3, -0.25) is 4.57 Å². The molecule has 0 bridgehead atoms. The van der Waals surface area contributed by atoms with Crippen molar-refractivity contribution in [1.29, 1.82) is 0 Å². The van der Waals surface area contributed by atoms with Gasteiger partial charge in [-0.25, -0.2) is 15.0 Å². The zero-order valence-electron chi connectivity index (χ0n) is 9.59. The van der Waals surface area contributed by atoms with Crippen LogP contribution in [0.3, 0.4) is 0 Å². The lowest BCUT2D eigenvalue weighted by molar-refractivity contribution is -0.0511. The highest BCUT2D eigenvalue weighted by Crippen LogP contribution is 2.31. The number of halogens is 1. The van der Waals surface area contributed by atoms with Gasteiger partial charge in [-0.05, 0) is 0 Å². The highest BCUT2D eigenvalue weighted by Gasteiger charge is 2.43. The normalized spacial score (nSPS) is 31.2. The summed E-state index contributed by atoms with van der Waals surface area (Å²) in [4.78, 5) is 11.9. The van der Waals surface area contributed by atoms with Gasteiger partial charge in [0.05, 0.1) is 12.9 Å². The molecular formula is C10H11ClN4O4. The molecule has 19 heavy (non-hydrogen) atoms. The van der Waals surface area contributed by atoms with Crippen LogP contribution >= 0.6 is 11.6 Å². The molecule has 102 valence electrons. The molecule has 1 aliphatic rings. The number of aliphatic hydroxyl groups excluding tert-OH is 3. The van der Waals surface area contributed by atoms with E-state index in [1.54, 1.807) is 0 Å². The van der Waals surface area contributed by atoms with Crippen molar-refractivity contribution in [1.82, 2.24) is 19.5 Å². The average Bonchev–Trinajstić information content (AvgIpc) is 2.94. The van der Waals surface area contributed by atoms with Crippen molar-refractivity contribution < 1.29 is 20.1 Å². The standard InChI is InChI=1S/C10H11ClN4O4/c11-8-5-9(13-2-12-8)15(3-14-5)10-7(18)6(17)4(1-16)19-10/h2-4,6-7,10,16-18H,1H2/t4-,6+,7-,10-/m1/s1. The van der Waals surface area contributed by atoms with Crippen molar-refractivity contribution in [2.24, 2.45) is 0 Å². The number of hydrogen-bond donors (Lipinski definition) is 3. The molecule has 1 saturated heterocycles. The molecule has 3 heterocycles. The van der Waals surface area contributed by atoms with Gasteiger partial charge in [-0.2, -0.15) is 0 Å². The molecule has 8 nitrogen and oxygen atoms in total. The van der Waals surface area contributed by atoms with Crippen molar-refractivity contribution in [2.75, 3.05) is 6.61 Å². The van der Waals surface area contributed by atoms with Crippen molar-refractivity contribution >= 4 is 22.8 Å². The Hall–Kier alpha value is -1.32. The summed E-state index contributed by atoms with van der Waals surface area (Å²) in [7, 11) is 0. The first kappa shape index (κ1) is 12.7. The van der Waals surface area contributed by atoms with Crippen LogP contribution in [-0.2, 0) is 4.74 Å². The van der Waals surface area contributed by atoms with Crippen molar-refractivity contribution in [3.63, 3.8) is 0 Å². The van der Waals surface area contributed by atoms with Gasteiger partial charge in [0, 0.05) is 0 Å². The Morgan fingerprint density at radius 1 is 1.26 bits per heavy atom. The van der Waals surface area contributed by atoms with E-state index in [1.807, 2.05) is 0 Å². The number of nitrogens with zero attached hydrogens (tertiary/aromatic N) is 4. The summed E-state index contributed by atoms with van der Waals surface area (Å²) in [6.07, 6.45) is -1.44. The van der Waals surface area contributed by atoms with Gasteiger partial charge in [0.1, 0.15) is 30.2 Å². The fourth-order valence-electron chi connectivity index (χ4n) is 2.12. The van der Waals surface area contributed by atoms with Crippen LogP contribution < -0.4 is 0 Å². The number of hydrogen-bond acceptors (Lipinski definition) is 7. The van der Waals surface area contributed by atoms with Crippen LogP contribution in [0.25, 0.3) is 11.2 Å². The highest BCUT2D eigenvalue weighted by atomic mass is 35.5. The first-order chi connectivity index (χ1) is 9.13. The summed E-state index contributed by atoms with van der Waals surface area (Å²) in [5.74, 6) is 0. The van der Waals surface area contributed by atoms with Gasteiger partial charge >= 0.3 is 0 Å². The molecule has 0 radical (unpaired) electrons. The van der Waals surface area contributed by atoms with Crippen LogP contribution in [0.1, 0.15) is 6.23 Å². The lowest BCUT2D eigenvalue weighted by Crippen LogP contribution is -2.33. The molecule has 3 rings (SSSR count). The number of aliphatic hydroxyl groups is 3. The summed E-state index contributed by atoms with van der Waals surface area (Å²) in [6, 6.07) is 0. The monoisotopic (exact) mass is 286 g/mol. The molecule has 2 aromatic heterocycles. The summed E-state index contributed by atoms with van der Waals surface area (Å²) in [5, 5.41) is 28.9. The van der Waals surface area contributed by atoms with E-state index in [0.29, 0.717) is 11.2 Å². The van der Waals surface area contributed by atoms with E-state index in [1.165, 1.54) is 17.2 Å². The Morgan fingerprint density at radius 3 is 2.74 bits per heavy atom. The van der Waals surface area contributed by atoms with E-state index in [9.17, 15) is 10.2 Å². The smallest absolute Gasteiger partial charge is 0.167 e. The Balaban J connectivity index is 2.04. The van der Waals surface area contributed by atoms with Gasteiger partial charge in [-0.15, -0.1) is 0 Å². The molecular weight excluding hydrogens is 276 g/mol. The molecule has 0 unspecified atom stereocenters. The fraction of sp³-hybridized carbons (Fsp3) is 0.500. The lowest BCUT2D eigenvalue weighted by atomic mass is 10.1. The van der Waals surface area contributed by atoms with Crippen LogP contribution in [0.15, 0.2) is 12.7 Å². The summed E-state index contributed by atoms with van der Waals surface area (Å²) < 4.78 is 6.85. The minimum absolute atomic E-state index is 0.190. The van der Waals surface area contributed by atoms with Gasteiger partial charge in [0.25, 0.3) is 0 Å². The van der Waals surface area contributed by atoms with E-state index < -0.39 is 31.1 Å². The highest BCUT2D eigenvalue weighted by molar-refractivity contribution is 6.33. The second-order valence-corrected chi connectivity index (χ2v) is 4.58. The van der Waals surface area contributed by atoms with Crippen LogP contribution in [0.4, 0.5) is 0 Å². The molecule has 4 atom stereocenters. The fourth-order valence-corrected chi connectivity index (χ4v) is 2.30. The third-order valence-corrected chi connectivity index (χ3v) is 3.38. The molecule has 1 fully saturated rings. The van der Waals surface area contributed by atoms with Crippen LogP contribution in [0.5, 0.6) is 0 Å². The molecule has 0 aliphatic carbocycles. The van der Waals surface area contributed by atoms with Gasteiger partial charge in [0.15, 0.2) is 17.0 Å². The molecule has 3 N–H and O–H groups in total. The zero-order valence-corrected chi connectivity index (χ0v) is 10.3. The number of rotatable bonds is 2. The molecule has 0 saturated carbocycles. The summed E-state index contributed by atoms with van der Waals surface area (Å²) >= 11 is 5.88. The summed E-state index contributed by atoms with van der Waals surface area (Å²) in [5.41, 5.74) is 0.761. The third kappa shape index (κ3) is 1.88. The second-order valence-electron chi connectivity index (χ2n) is 4.22. The average molecular weight is 287 g/mol. The maximum absolute atomic E-state index is 9.95. The number of ether oxygens (including phenoxy) is 1. The van der Waals surface area contributed by atoms with Gasteiger partial charge in [0.2, 0.25) is 0 Å². The molecule has 1 aliphatic heterocycles. The number of fused-ring (bicyclic) bond motifs is 1. The van der Waals surface area contributed by atoms with Crippen LogP contribution in [0.2, 0.25) is 5.15 Å². The maximum atomic E-state index is 9.95. The first-order valence-electron chi connectivity index (χ1n) is 5.59. The predicted molar refractivity (Wildman–Crippen MR) is 63.3 cm³/mol. The molecule has 0 aromatic carbocycles. The topological polar surface area (TPSA) is 114 Å². The van der Waals surface area contributed by atoms with Crippen molar-refractivity contribution in [2.45, 2.75) is 24.5 Å². The largest absolute Gasteiger partial charge is 0.394 e. The maximum Gasteiger partial charge on any atom is 0.167 e. The van der Waals surface area contributed by atoms with Crippen LogP contribution in [0, 0.1) is 0 Å². The lowest BCUT2D eigenvalue weighted by Gasteiger charge is -2.16. The Morgan fingerprint density at radius 2 is 2.05 bits per heavy atom. The van der Waals surface area contributed by atoms with E-state index in [-0.39, 0.29) is 5.15 Å². The Bertz CT molecular complexity index is 606. The van der Waals surface area contributed by atoms with Gasteiger partial charge in [-0.1, -0.05) is 11.6 Å². The molecule has 0 spiro atoms. The first-order valence-corrected chi connectivity index (χ1v) is 5.96. The quantitative estimate of drug-likeness (QED) is 0.613. The minimum Gasteiger partial charge on any atom is -0.394 e. The zero-order chi connectivity index (χ0) is 13.6. The Kier molecular flexibility index (Phi) is 3.11. The van der Waals surface area contributed by atoms with Gasteiger partial charge < -0.3 is 20.1 Å². The SMILES string of the molecule is OC[C@H]1O[C@@H](n2cnc3c(Cl)ncnc32)[C@H](O)[C@H]1O. The van der Waals surface area contributed by atoms with E-state index >= 15 is 0 Å². The summed E-state index contributed by atoms with van der Waals surface area (Å²) in [6.45, 7) is -0.392. The Labute approximate surface area is 112 Å². The third-order valence-electron chi connectivity index (χ3n) is 3.11. The molecule has 9 heteroatoms. The number of aromatic nitrogens is 4. The molecule has 0 amide bonds. The van der Waals surface area contributed by atoms with E-state index in [0.717, 1.165) is 0 Å². The number of imidazole rings is 1. The molecule has 2 aromatic rings. The van der Waals surface area contributed by atoms with E-state index in [4.69, 9.17) is 21.4 Å². The minimum atomic E-state index is -1.19.